The summed E-state index contributed by atoms with van der Waals surface area (Å²) < 4.78 is 5.68. The van der Waals surface area contributed by atoms with Crippen LogP contribution in [-0.4, -0.2) is 29.9 Å². The Morgan fingerprint density at radius 3 is 2.48 bits per heavy atom. The van der Waals surface area contributed by atoms with E-state index in [1.807, 2.05) is 24.3 Å². The van der Waals surface area contributed by atoms with Gasteiger partial charge in [0.05, 0.1) is 18.4 Å². The maximum absolute atomic E-state index is 12.2. The quantitative estimate of drug-likeness (QED) is 0.829. The van der Waals surface area contributed by atoms with Crippen LogP contribution in [0.25, 0.3) is 0 Å². The Balaban J connectivity index is 1.58. The van der Waals surface area contributed by atoms with E-state index < -0.39 is 0 Å². The molecule has 21 heavy (non-hydrogen) atoms. The van der Waals surface area contributed by atoms with Gasteiger partial charge in [0, 0.05) is 12.1 Å². The molecule has 0 aromatic heterocycles. The van der Waals surface area contributed by atoms with Crippen LogP contribution in [0, 0.1) is 11.8 Å². The summed E-state index contributed by atoms with van der Waals surface area (Å²) in [4.78, 5) is 25.8. The topological polar surface area (TPSA) is 72.6 Å². The Bertz CT molecular complexity index is 536. The van der Waals surface area contributed by atoms with E-state index in [-0.39, 0.29) is 23.7 Å². The van der Waals surface area contributed by atoms with Gasteiger partial charge >= 0.3 is 0 Å². The number of para-hydroxylation sites is 1. The smallest absolute Gasteiger partial charge is 0.233 e. The predicted molar refractivity (Wildman–Crippen MR) is 77.4 cm³/mol. The molecule has 1 saturated heterocycles. The van der Waals surface area contributed by atoms with E-state index in [4.69, 9.17) is 10.5 Å². The Labute approximate surface area is 124 Å². The zero-order valence-electron chi connectivity index (χ0n) is 12.0. The number of nitrogens with zero attached hydrogens (tertiary/aromatic N) is 1. The molecule has 2 atom stereocenters. The summed E-state index contributed by atoms with van der Waals surface area (Å²) in [6, 6.07) is 7.55. The average molecular weight is 288 g/mol. The van der Waals surface area contributed by atoms with Crippen LogP contribution in [0.1, 0.15) is 24.8 Å². The lowest BCUT2D eigenvalue weighted by Gasteiger charge is -2.17. The van der Waals surface area contributed by atoms with Crippen molar-refractivity contribution in [3.8, 4) is 5.75 Å². The first-order valence-corrected chi connectivity index (χ1v) is 7.48. The van der Waals surface area contributed by atoms with Crippen LogP contribution in [0.15, 0.2) is 24.3 Å². The molecule has 2 amide bonds. The largest absolute Gasteiger partial charge is 0.491 e. The maximum atomic E-state index is 12.2. The minimum Gasteiger partial charge on any atom is -0.491 e. The monoisotopic (exact) mass is 288 g/mol. The summed E-state index contributed by atoms with van der Waals surface area (Å²) in [5, 5.41) is 0. The van der Waals surface area contributed by atoms with E-state index in [2.05, 4.69) is 0 Å². The molecule has 2 aliphatic rings. The van der Waals surface area contributed by atoms with Gasteiger partial charge in [-0.1, -0.05) is 24.6 Å². The normalized spacial score (nSPS) is 24.5. The van der Waals surface area contributed by atoms with Gasteiger partial charge in [-0.3, -0.25) is 14.5 Å². The third kappa shape index (κ3) is 2.53. The number of ether oxygens (including phenoxy) is 1. The number of carbonyl (C=O) groups is 2. The van der Waals surface area contributed by atoms with Crippen molar-refractivity contribution in [2.24, 2.45) is 17.6 Å². The van der Waals surface area contributed by atoms with Crippen molar-refractivity contribution in [2.75, 3.05) is 13.2 Å². The van der Waals surface area contributed by atoms with Gasteiger partial charge in [0.1, 0.15) is 12.4 Å². The van der Waals surface area contributed by atoms with Gasteiger partial charge in [0.15, 0.2) is 0 Å². The van der Waals surface area contributed by atoms with Crippen molar-refractivity contribution >= 4 is 11.8 Å². The van der Waals surface area contributed by atoms with Gasteiger partial charge in [-0.2, -0.15) is 0 Å². The molecule has 1 aromatic rings. The minimum atomic E-state index is -0.0752. The van der Waals surface area contributed by atoms with Gasteiger partial charge in [0.25, 0.3) is 0 Å². The van der Waals surface area contributed by atoms with Crippen LogP contribution in [0.3, 0.4) is 0 Å². The summed E-state index contributed by atoms with van der Waals surface area (Å²) in [7, 11) is 0. The van der Waals surface area contributed by atoms with Gasteiger partial charge in [-0.05, 0) is 18.9 Å². The van der Waals surface area contributed by atoms with Crippen molar-refractivity contribution in [2.45, 2.75) is 25.8 Å². The molecular weight excluding hydrogens is 268 g/mol. The second-order valence-corrected chi connectivity index (χ2v) is 5.63. The number of rotatable bonds is 5. The molecule has 1 aliphatic carbocycles. The van der Waals surface area contributed by atoms with Gasteiger partial charge in [-0.15, -0.1) is 0 Å². The molecule has 0 bridgehead atoms. The zero-order valence-corrected chi connectivity index (χ0v) is 12.0. The van der Waals surface area contributed by atoms with Gasteiger partial charge in [-0.25, -0.2) is 0 Å². The summed E-state index contributed by atoms with van der Waals surface area (Å²) in [5.41, 5.74) is 6.58. The lowest BCUT2D eigenvalue weighted by molar-refractivity contribution is -0.140. The van der Waals surface area contributed by atoms with Gasteiger partial charge in [0.2, 0.25) is 11.8 Å². The second kappa shape index (κ2) is 5.85. The first kappa shape index (κ1) is 14.1. The van der Waals surface area contributed by atoms with Gasteiger partial charge < -0.3 is 10.5 Å². The molecule has 2 fully saturated rings. The highest BCUT2D eigenvalue weighted by atomic mass is 16.5. The second-order valence-electron chi connectivity index (χ2n) is 5.63. The SMILES string of the molecule is NCc1ccccc1OCCN1C(=O)C2CCCC2C1=O. The number of hydrogen-bond acceptors (Lipinski definition) is 4. The standard InChI is InChI=1S/C16H20N2O3/c17-10-11-4-1-2-7-14(11)21-9-8-18-15(19)12-5-3-6-13(12)16(18)20/h1-2,4,7,12-13H,3,5-6,8-10,17H2. The Hall–Kier alpha value is -1.88. The zero-order chi connectivity index (χ0) is 14.8. The van der Waals surface area contributed by atoms with E-state index in [0.29, 0.717) is 19.7 Å². The van der Waals surface area contributed by atoms with E-state index in [1.54, 1.807) is 0 Å². The molecule has 2 N–H and O–H groups in total. The van der Waals surface area contributed by atoms with Crippen molar-refractivity contribution < 1.29 is 14.3 Å². The molecule has 1 aromatic carbocycles. The molecule has 1 saturated carbocycles. The fourth-order valence-electron chi connectivity index (χ4n) is 3.34. The molecule has 2 unspecified atom stereocenters. The van der Waals surface area contributed by atoms with Crippen LogP contribution in [0.5, 0.6) is 5.75 Å². The van der Waals surface area contributed by atoms with Crippen molar-refractivity contribution in [3.63, 3.8) is 0 Å². The van der Waals surface area contributed by atoms with Crippen LogP contribution in [0.4, 0.5) is 0 Å². The molecule has 3 rings (SSSR count). The van der Waals surface area contributed by atoms with Crippen molar-refractivity contribution in [3.05, 3.63) is 29.8 Å². The predicted octanol–water partition coefficient (Wildman–Crippen LogP) is 1.31. The molecule has 112 valence electrons. The number of amides is 2. The van der Waals surface area contributed by atoms with Crippen molar-refractivity contribution in [1.82, 2.24) is 4.90 Å². The fourth-order valence-corrected chi connectivity index (χ4v) is 3.34. The van der Waals surface area contributed by atoms with Crippen LogP contribution < -0.4 is 10.5 Å². The summed E-state index contributed by atoms with van der Waals surface area (Å²) >= 11 is 0. The average Bonchev–Trinajstić information content (AvgIpc) is 3.07. The number of carbonyl (C=O) groups excluding carboxylic acids is 2. The number of imide groups is 1. The van der Waals surface area contributed by atoms with Crippen molar-refractivity contribution in [1.29, 1.82) is 0 Å². The fraction of sp³-hybridized carbons (Fsp3) is 0.500. The Morgan fingerprint density at radius 1 is 1.14 bits per heavy atom. The summed E-state index contributed by atoms with van der Waals surface area (Å²) in [5.74, 6) is 0.540. The minimum absolute atomic E-state index is 0.0155. The third-order valence-electron chi connectivity index (χ3n) is 4.45. The molecule has 0 spiro atoms. The first-order chi connectivity index (χ1) is 10.2. The van der Waals surface area contributed by atoms with Crippen LogP contribution in [-0.2, 0) is 16.1 Å². The highest BCUT2D eigenvalue weighted by molar-refractivity contribution is 6.05. The molecule has 5 nitrogen and oxygen atoms in total. The highest BCUT2D eigenvalue weighted by Gasteiger charge is 2.49. The maximum Gasteiger partial charge on any atom is 0.233 e. The van der Waals surface area contributed by atoms with Crippen LogP contribution in [0.2, 0.25) is 0 Å². The highest BCUT2D eigenvalue weighted by Crippen LogP contribution is 2.39. The molecular formula is C16H20N2O3. The third-order valence-corrected chi connectivity index (χ3v) is 4.45. The Morgan fingerprint density at radius 2 is 1.81 bits per heavy atom. The summed E-state index contributed by atoms with van der Waals surface area (Å²) in [6.07, 6.45) is 2.69. The number of likely N-dealkylation sites (tertiary alicyclic amines) is 1. The van der Waals surface area contributed by atoms with E-state index in [9.17, 15) is 9.59 Å². The lowest BCUT2D eigenvalue weighted by atomic mass is 10.00. The van der Waals surface area contributed by atoms with E-state index in [0.717, 1.165) is 30.6 Å². The van der Waals surface area contributed by atoms with Crippen LogP contribution >= 0.6 is 0 Å². The number of benzene rings is 1. The molecule has 1 aliphatic heterocycles. The first-order valence-electron chi connectivity index (χ1n) is 7.48. The number of nitrogens with two attached hydrogens (primary N) is 1. The van der Waals surface area contributed by atoms with E-state index >= 15 is 0 Å². The molecule has 1 heterocycles. The Kier molecular flexibility index (Phi) is 3.92. The van der Waals surface area contributed by atoms with E-state index in [1.165, 1.54) is 4.90 Å². The number of fused-ring (bicyclic) bond motifs is 1. The lowest BCUT2D eigenvalue weighted by Crippen LogP contribution is -2.35. The molecule has 5 heteroatoms. The molecule has 0 radical (unpaired) electrons. The summed E-state index contributed by atoms with van der Waals surface area (Å²) in [6.45, 7) is 1.04. The number of hydrogen-bond donors (Lipinski definition) is 1.